The van der Waals surface area contributed by atoms with Crippen LogP contribution in [-0.4, -0.2) is 64.7 Å². The fourth-order valence-corrected chi connectivity index (χ4v) is 8.32. The predicted molar refractivity (Wildman–Crippen MR) is 247 cm³/mol. The first-order valence-corrected chi connectivity index (χ1v) is 23.7. The van der Waals surface area contributed by atoms with E-state index in [1.807, 2.05) is 125 Å². The number of Topliss-reactive ketones (excluding diaryl/α,β-unsaturated/α-hetero) is 1. The van der Waals surface area contributed by atoms with Crippen molar-refractivity contribution < 1.29 is 38.4 Å². The maximum atomic E-state index is 12.3. The Labute approximate surface area is 371 Å². The van der Waals surface area contributed by atoms with Crippen molar-refractivity contribution in [1.82, 2.24) is 0 Å². The van der Waals surface area contributed by atoms with Crippen molar-refractivity contribution in [2.45, 2.75) is 179 Å². The molecule has 0 bridgehead atoms. The molecule has 1 heterocycles. The molecule has 0 saturated carbocycles. The second-order valence-electron chi connectivity index (χ2n) is 17.4. The molecule has 3 aromatic rings. The van der Waals surface area contributed by atoms with E-state index in [0.717, 1.165) is 54.4 Å². The molecule has 0 spiro atoms. The van der Waals surface area contributed by atoms with Crippen LogP contribution in [0.2, 0.25) is 0 Å². The summed E-state index contributed by atoms with van der Waals surface area (Å²) in [5.74, 6) is -0.0456. The van der Waals surface area contributed by atoms with Gasteiger partial charge in [-0.1, -0.05) is 200 Å². The van der Waals surface area contributed by atoms with Gasteiger partial charge in [0.25, 0.3) is 0 Å². The van der Waals surface area contributed by atoms with Crippen LogP contribution in [0.15, 0.2) is 103 Å². The van der Waals surface area contributed by atoms with E-state index < -0.39 is 30.7 Å². The van der Waals surface area contributed by atoms with Crippen molar-refractivity contribution in [2.75, 3.05) is 13.2 Å². The second kappa shape index (κ2) is 29.3. The van der Waals surface area contributed by atoms with Crippen molar-refractivity contribution in [3.8, 4) is 0 Å². The van der Waals surface area contributed by atoms with Gasteiger partial charge in [0.1, 0.15) is 24.4 Å². The third kappa shape index (κ3) is 21.2. The molecule has 1 N–H and O–H groups in total. The molecule has 4 rings (SSSR count). The Bertz CT molecular complexity index is 1640. The number of ether oxygens (including phenoxy) is 5. The monoisotopic (exact) mass is 859 g/mol. The Hall–Kier alpha value is -3.15. The number of ketones is 1. The highest BCUT2D eigenvalue weighted by Crippen LogP contribution is 2.30. The molecule has 336 valence electrons. The van der Waals surface area contributed by atoms with Crippen molar-refractivity contribution in [3.63, 3.8) is 0 Å². The summed E-state index contributed by atoms with van der Waals surface area (Å²) in [6.45, 7) is 9.67. The number of aliphatic hydroxyl groups excluding tert-OH is 1. The lowest BCUT2D eigenvalue weighted by molar-refractivity contribution is -0.319. The van der Waals surface area contributed by atoms with Crippen LogP contribution in [0.25, 0.3) is 0 Å². The number of rotatable bonds is 30. The van der Waals surface area contributed by atoms with Gasteiger partial charge in [-0.15, -0.1) is 0 Å². The van der Waals surface area contributed by atoms with E-state index in [-0.39, 0.29) is 28.7 Å². The number of hydrogen-bond donors (Lipinski definition) is 1. The largest absolute Gasteiger partial charge is 0.385 e. The van der Waals surface area contributed by atoms with Crippen LogP contribution in [0, 0.1) is 0 Å². The van der Waals surface area contributed by atoms with E-state index in [0.29, 0.717) is 26.4 Å². The highest BCUT2D eigenvalue weighted by molar-refractivity contribution is 8.14. The molecule has 1 fully saturated rings. The fourth-order valence-electron chi connectivity index (χ4n) is 7.43. The Balaban J connectivity index is 1.11. The van der Waals surface area contributed by atoms with E-state index in [9.17, 15) is 14.7 Å². The molecule has 0 aromatic heterocycles. The van der Waals surface area contributed by atoms with Crippen LogP contribution in [0.1, 0.15) is 141 Å². The SMILES string of the molecule is C/C(=C\CCCCCCCCCCCCCCCO[C@@H]1O[C@H](COCc2ccccc2)[C@@H](OCc2ccccc2)[C@H](OCc2ccccc2)[C@@H]1O)C(=O)CC(=O)SC(C)(C)C. The third-order valence-corrected chi connectivity index (χ3v) is 11.8. The van der Waals surface area contributed by atoms with Crippen molar-refractivity contribution in [1.29, 1.82) is 0 Å². The van der Waals surface area contributed by atoms with E-state index >= 15 is 0 Å². The predicted octanol–water partition coefficient (Wildman–Crippen LogP) is 11.9. The molecule has 1 aliphatic rings. The Morgan fingerprint density at radius 2 is 1.10 bits per heavy atom. The molecule has 8 nitrogen and oxygen atoms in total. The van der Waals surface area contributed by atoms with Gasteiger partial charge in [0.05, 0.1) is 32.8 Å². The zero-order chi connectivity index (χ0) is 43.5. The van der Waals surface area contributed by atoms with Gasteiger partial charge >= 0.3 is 0 Å². The lowest BCUT2D eigenvalue weighted by Crippen LogP contribution is -2.61. The molecular weight excluding hydrogens is 785 g/mol. The lowest BCUT2D eigenvalue weighted by Gasteiger charge is -2.44. The standard InChI is InChI=1S/C52H74O8S/c1-41(45(53)36-47(54)61-52(2,3)4)28-20-15-13-11-9-7-5-6-8-10-12-14-16-27-35-57-51-48(55)50(59-39-44-33-25-19-26-34-44)49(58-38-43-31-23-18-24-32-43)46(60-51)40-56-37-42-29-21-17-22-30-42/h17-19,21-26,28-34,46,48-51,55H,5-16,20,27,35-40H2,1-4H3/b41-28+/t46-,48+,49-,50-,51-/m1/s1. The van der Waals surface area contributed by atoms with Gasteiger partial charge in [-0.05, 0) is 48.4 Å². The average molecular weight is 859 g/mol. The van der Waals surface area contributed by atoms with Crippen LogP contribution < -0.4 is 0 Å². The minimum absolute atomic E-state index is 0.00384. The first-order chi connectivity index (χ1) is 29.6. The Morgan fingerprint density at radius 1 is 0.639 bits per heavy atom. The van der Waals surface area contributed by atoms with E-state index in [1.165, 1.54) is 69.5 Å². The summed E-state index contributed by atoms with van der Waals surface area (Å²) in [7, 11) is 0. The normalized spacial score (nSPS) is 19.6. The molecular formula is C52H74O8S. The lowest BCUT2D eigenvalue weighted by atomic mass is 9.98. The first kappa shape index (κ1) is 50.5. The minimum Gasteiger partial charge on any atom is -0.385 e. The summed E-state index contributed by atoms with van der Waals surface area (Å²) in [5.41, 5.74) is 3.83. The minimum atomic E-state index is -1.04. The first-order valence-electron chi connectivity index (χ1n) is 22.9. The van der Waals surface area contributed by atoms with E-state index in [1.54, 1.807) is 0 Å². The summed E-state index contributed by atoms with van der Waals surface area (Å²) in [4.78, 5) is 24.4. The smallest absolute Gasteiger partial charge is 0.197 e. The van der Waals surface area contributed by atoms with Crippen LogP contribution in [0.3, 0.4) is 0 Å². The van der Waals surface area contributed by atoms with Gasteiger partial charge in [-0.25, -0.2) is 0 Å². The molecule has 1 saturated heterocycles. The van der Waals surface area contributed by atoms with Crippen LogP contribution in [0.5, 0.6) is 0 Å². The topological polar surface area (TPSA) is 101 Å². The molecule has 9 heteroatoms. The number of thioether (sulfide) groups is 1. The molecule has 0 amide bonds. The Kier molecular flexibility index (Phi) is 24.2. The second-order valence-corrected chi connectivity index (χ2v) is 19.3. The van der Waals surface area contributed by atoms with E-state index in [4.69, 9.17) is 23.7 Å². The number of aliphatic hydroxyl groups is 1. The van der Waals surface area contributed by atoms with Gasteiger partial charge in [0.15, 0.2) is 17.2 Å². The molecule has 1 aliphatic heterocycles. The molecule has 0 radical (unpaired) electrons. The summed E-state index contributed by atoms with van der Waals surface area (Å²) < 4.78 is 31.7. The maximum absolute atomic E-state index is 12.3. The van der Waals surface area contributed by atoms with Crippen molar-refractivity contribution in [2.24, 2.45) is 0 Å². The van der Waals surface area contributed by atoms with Gasteiger partial charge in [-0.2, -0.15) is 0 Å². The molecule has 5 atom stereocenters. The summed E-state index contributed by atoms with van der Waals surface area (Å²) in [5, 5.41) is 11.6. The number of unbranched alkanes of at least 4 members (excludes halogenated alkanes) is 13. The highest BCUT2D eigenvalue weighted by Gasteiger charge is 2.47. The fraction of sp³-hybridized carbons (Fsp3) is 0.577. The number of allylic oxidation sites excluding steroid dienone is 2. The molecule has 0 aliphatic carbocycles. The average Bonchev–Trinajstić information content (AvgIpc) is 3.24. The number of benzene rings is 3. The zero-order valence-corrected chi connectivity index (χ0v) is 38.3. The highest BCUT2D eigenvalue weighted by atomic mass is 32.2. The quantitative estimate of drug-likeness (QED) is 0.0399. The van der Waals surface area contributed by atoms with Gasteiger partial charge in [0, 0.05) is 11.4 Å². The van der Waals surface area contributed by atoms with Crippen LogP contribution in [-0.2, 0) is 53.1 Å². The van der Waals surface area contributed by atoms with Crippen LogP contribution >= 0.6 is 11.8 Å². The third-order valence-electron chi connectivity index (χ3n) is 10.8. The number of hydrogen-bond acceptors (Lipinski definition) is 9. The maximum Gasteiger partial charge on any atom is 0.197 e. The summed E-state index contributed by atoms with van der Waals surface area (Å²) in [6, 6.07) is 30.0. The van der Waals surface area contributed by atoms with Crippen molar-refractivity contribution >= 4 is 22.7 Å². The van der Waals surface area contributed by atoms with Gasteiger partial charge in [0.2, 0.25) is 0 Å². The zero-order valence-electron chi connectivity index (χ0n) is 37.5. The Morgan fingerprint density at radius 3 is 1.61 bits per heavy atom. The molecule has 61 heavy (non-hydrogen) atoms. The van der Waals surface area contributed by atoms with Crippen molar-refractivity contribution in [3.05, 3.63) is 119 Å². The van der Waals surface area contributed by atoms with Gasteiger partial charge in [-0.3, -0.25) is 9.59 Å². The molecule has 0 unspecified atom stereocenters. The van der Waals surface area contributed by atoms with Crippen LogP contribution in [0.4, 0.5) is 0 Å². The molecule has 3 aromatic carbocycles. The summed E-state index contributed by atoms with van der Waals surface area (Å²) in [6.07, 6.45) is 14.7. The number of carbonyl (C=O) groups excluding carboxylic acids is 2. The van der Waals surface area contributed by atoms with Gasteiger partial charge < -0.3 is 28.8 Å². The number of carbonyl (C=O) groups is 2. The van der Waals surface area contributed by atoms with E-state index in [2.05, 4.69) is 0 Å². The summed E-state index contributed by atoms with van der Waals surface area (Å²) >= 11 is 1.25.